The second-order valence-corrected chi connectivity index (χ2v) is 8.17. The molecule has 1 amide bonds. The lowest BCUT2D eigenvalue weighted by Crippen LogP contribution is -2.29. The number of aromatic nitrogens is 2. The first kappa shape index (κ1) is 26.0. The van der Waals surface area contributed by atoms with Crippen LogP contribution in [-0.2, 0) is 4.79 Å². The number of ether oxygens (including phenoxy) is 1. The van der Waals surface area contributed by atoms with E-state index in [0.717, 1.165) is 24.5 Å². The molecule has 3 aromatic rings. The van der Waals surface area contributed by atoms with Crippen LogP contribution in [0.15, 0.2) is 61.3 Å². The Morgan fingerprint density at radius 2 is 1.89 bits per heavy atom. The van der Waals surface area contributed by atoms with Crippen molar-refractivity contribution in [2.45, 2.75) is 0 Å². The van der Waals surface area contributed by atoms with Gasteiger partial charge in [-0.1, -0.05) is 24.8 Å². The fourth-order valence-electron chi connectivity index (χ4n) is 3.30. The van der Waals surface area contributed by atoms with E-state index >= 15 is 0 Å². The van der Waals surface area contributed by atoms with Crippen molar-refractivity contribution in [1.29, 1.82) is 5.26 Å². The van der Waals surface area contributed by atoms with Crippen LogP contribution < -0.4 is 25.6 Å². The Bertz CT molecular complexity index is 1250. The summed E-state index contributed by atoms with van der Waals surface area (Å²) in [5.41, 5.74) is 2.98. The van der Waals surface area contributed by atoms with E-state index in [1.807, 2.05) is 62.4 Å². The Labute approximate surface area is 211 Å². The minimum atomic E-state index is -0.336. The Morgan fingerprint density at radius 3 is 2.53 bits per heavy atom. The first-order chi connectivity index (χ1) is 17.3. The molecule has 0 fully saturated rings. The first-order valence-corrected chi connectivity index (χ1v) is 11.2. The van der Waals surface area contributed by atoms with Crippen LogP contribution in [0, 0.1) is 11.3 Å². The highest BCUT2D eigenvalue weighted by Gasteiger charge is 2.17. The summed E-state index contributed by atoms with van der Waals surface area (Å²) in [6.45, 7) is 5.10. The molecule has 1 aromatic heterocycles. The fourth-order valence-corrected chi connectivity index (χ4v) is 3.30. The van der Waals surface area contributed by atoms with Crippen molar-refractivity contribution in [1.82, 2.24) is 14.9 Å². The lowest BCUT2D eigenvalue weighted by molar-refractivity contribution is -0.111. The molecule has 0 aliphatic carbocycles. The van der Waals surface area contributed by atoms with E-state index in [-0.39, 0.29) is 11.9 Å². The summed E-state index contributed by atoms with van der Waals surface area (Å²) in [5, 5.41) is 18.7. The number of amides is 1. The molecule has 36 heavy (non-hydrogen) atoms. The van der Waals surface area contributed by atoms with Gasteiger partial charge in [0.15, 0.2) is 5.82 Å². The number of nitriles is 1. The molecule has 0 bridgehead atoms. The Balaban J connectivity index is 1.98. The average molecular weight is 487 g/mol. The average Bonchev–Trinajstić information content (AvgIpc) is 2.88. The summed E-state index contributed by atoms with van der Waals surface area (Å²) in [6, 6.07) is 15.1. The van der Waals surface area contributed by atoms with Gasteiger partial charge in [0, 0.05) is 31.9 Å². The van der Waals surface area contributed by atoms with Crippen molar-refractivity contribution < 1.29 is 9.53 Å². The van der Waals surface area contributed by atoms with Gasteiger partial charge < -0.3 is 30.5 Å². The highest BCUT2D eigenvalue weighted by Crippen LogP contribution is 2.38. The highest BCUT2D eigenvalue weighted by molar-refractivity contribution is 6.02. The monoisotopic (exact) mass is 486 g/mol. The van der Waals surface area contributed by atoms with Gasteiger partial charge in [-0.25, -0.2) is 4.98 Å². The molecule has 0 aliphatic rings. The summed E-state index contributed by atoms with van der Waals surface area (Å²) in [6.07, 6.45) is 2.66. The molecule has 186 valence electrons. The number of likely N-dealkylation sites (N-methyl/N-ethyl adjacent to an activating group) is 2. The SMILES string of the molecule is C=CC(=O)Nc1cc(Nc2ncc(C#N)c(Nc3ccccc3)n2)c(OC)cc1N(C)CCN(C)C. The van der Waals surface area contributed by atoms with Crippen LogP contribution in [0.5, 0.6) is 5.75 Å². The maximum atomic E-state index is 12.2. The molecule has 3 N–H and O–H groups in total. The molecule has 0 spiro atoms. The van der Waals surface area contributed by atoms with E-state index in [4.69, 9.17) is 4.74 Å². The number of nitrogens with one attached hydrogen (secondary N) is 3. The molecule has 10 heteroatoms. The van der Waals surface area contributed by atoms with Crippen LogP contribution in [0.2, 0.25) is 0 Å². The van der Waals surface area contributed by atoms with E-state index in [0.29, 0.717) is 28.5 Å². The van der Waals surface area contributed by atoms with Crippen LogP contribution in [-0.4, -0.2) is 62.1 Å². The molecule has 0 atom stereocenters. The predicted molar refractivity (Wildman–Crippen MR) is 143 cm³/mol. The van der Waals surface area contributed by atoms with Crippen LogP contribution in [0.3, 0.4) is 0 Å². The van der Waals surface area contributed by atoms with E-state index < -0.39 is 0 Å². The number of anilines is 6. The number of methoxy groups -OCH3 is 1. The van der Waals surface area contributed by atoms with Gasteiger partial charge in [0.1, 0.15) is 17.4 Å². The lowest BCUT2D eigenvalue weighted by atomic mass is 10.2. The first-order valence-electron chi connectivity index (χ1n) is 11.2. The van der Waals surface area contributed by atoms with Crippen molar-refractivity contribution in [3.63, 3.8) is 0 Å². The zero-order valence-corrected chi connectivity index (χ0v) is 20.9. The summed E-state index contributed by atoms with van der Waals surface area (Å²) in [4.78, 5) is 25.0. The van der Waals surface area contributed by atoms with Crippen molar-refractivity contribution >= 4 is 40.4 Å². The van der Waals surface area contributed by atoms with Crippen LogP contribution >= 0.6 is 0 Å². The van der Waals surface area contributed by atoms with Gasteiger partial charge in [-0.3, -0.25) is 4.79 Å². The lowest BCUT2D eigenvalue weighted by Gasteiger charge is -2.26. The van der Waals surface area contributed by atoms with Gasteiger partial charge in [0.2, 0.25) is 11.9 Å². The molecule has 1 heterocycles. The van der Waals surface area contributed by atoms with E-state index in [9.17, 15) is 10.1 Å². The molecular formula is C26H30N8O2. The summed E-state index contributed by atoms with van der Waals surface area (Å²) >= 11 is 0. The second kappa shape index (κ2) is 12.2. The molecule has 0 aliphatic heterocycles. The molecule has 2 aromatic carbocycles. The number of carbonyl (C=O) groups excluding carboxylic acids is 1. The van der Waals surface area contributed by atoms with Crippen LogP contribution in [0.4, 0.5) is 34.5 Å². The zero-order valence-electron chi connectivity index (χ0n) is 20.9. The van der Waals surface area contributed by atoms with E-state index in [1.165, 1.54) is 12.3 Å². The minimum Gasteiger partial charge on any atom is -0.494 e. The van der Waals surface area contributed by atoms with Crippen molar-refractivity contribution in [3.05, 3.63) is 66.9 Å². The van der Waals surface area contributed by atoms with Crippen molar-refractivity contribution in [2.24, 2.45) is 0 Å². The molecule has 10 nitrogen and oxygen atoms in total. The van der Waals surface area contributed by atoms with Gasteiger partial charge in [0.05, 0.1) is 30.4 Å². The number of hydrogen-bond donors (Lipinski definition) is 3. The van der Waals surface area contributed by atoms with Gasteiger partial charge in [-0.05, 0) is 38.4 Å². The molecule has 3 rings (SSSR count). The number of benzene rings is 2. The number of carbonyl (C=O) groups is 1. The summed E-state index contributed by atoms with van der Waals surface area (Å²) in [5.74, 6) is 0.807. The van der Waals surface area contributed by atoms with Gasteiger partial charge in [-0.15, -0.1) is 0 Å². The fraction of sp³-hybridized carbons (Fsp3) is 0.231. The number of nitrogens with zero attached hydrogens (tertiary/aromatic N) is 5. The Kier molecular flexibility index (Phi) is 8.80. The van der Waals surface area contributed by atoms with Gasteiger partial charge in [-0.2, -0.15) is 10.2 Å². The van der Waals surface area contributed by atoms with E-state index in [1.54, 1.807) is 13.2 Å². The van der Waals surface area contributed by atoms with Crippen LogP contribution in [0.25, 0.3) is 0 Å². The van der Waals surface area contributed by atoms with Gasteiger partial charge >= 0.3 is 0 Å². The smallest absolute Gasteiger partial charge is 0.247 e. The third-order valence-corrected chi connectivity index (χ3v) is 5.25. The third kappa shape index (κ3) is 6.71. The Hall–Kier alpha value is -4.62. The topological polar surface area (TPSA) is 118 Å². The number of rotatable bonds is 11. The largest absolute Gasteiger partial charge is 0.494 e. The number of hydrogen-bond acceptors (Lipinski definition) is 9. The van der Waals surface area contributed by atoms with Crippen molar-refractivity contribution in [2.75, 3.05) is 62.2 Å². The third-order valence-electron chi connectivity index (χ3n) is 5.25. The Morgan fingerprint density at radius 1 is 1.14 bits per heavy atom. The van der Waals surface area contributed by atoms with Gasteiger partial charge in [0.25, 0.3) is 0 Å². The molecule has 0 unspecified atom stereocenters. The normalized spacial score (nSPS) is 10.3. The standard InChI is InChI=1S/C26H30N8O2/c1-6-24(35)30-20-14-21(23(36-5)15-22(20)34(4)13-12-33(2)3)31-26-28-17-18(16-27)25(32-26)29-19-10-8-7-9-11-19/h6-11,14-15,17H,1,12-13H2,2-5H3,(H,30,35)(H2,28,29,31,32). The van der Waals surface area contributed by atoms with E-state index in [2.05, 4.69) is 43.5 Å². The summed E-state index contributed by atoms with van der Waals surface area (Å²) < 4.78 is 5.64. The quantitative estimate of drug-likeness (QED) is 0.346. The minimum absolute atomic E-state index is 0.250. The van der Waals surface area contributed by atoms with Crippen LogP contribution in [0.1, 0.15) is 5.56 Å². The summed E-state index contributed by atoms with van der Waals surface area (Å²) in [7, 11) is 7.51. The highest BCUT2D eigenvalue weighted by atomic mass is 16.5. The molecule has 0 saturated heterocycles. The number of para-hydroxylation sites is 1. The molecule has 0 saturated carbocycles. The molecular weight excluding hydrogens is 456 g/mol. The maximum Gasteiger partial charge on any atom is 0.247 e. The van der Waals surface area contributed by atoms with Crippen molar-refractivity contribution in [3.8, 4) is 11.8 Å². The maximum absolute atomic E-state index is 12.2. The zero-order chi connectivity index (χ0) is 26.1. The second-order valence-electron chi connectivity index (χ2n) is 8.17. The predicted octanol–water partition coefficient (Wildman–Crippen LogP) is 3.97. The molecule has 0 radical (unpaired) electrons.